The van der Waals surface area contributed by atoms with Crippen LogP contribution in [0.3, 0.4) is 0 Å². The number of hydrogen-bond acceptors (Lipinski definition) is 12. The number of carboxylic acids is 9. The molecule has 0 saturated heterocycles. The zero-order chi connectivity index (χ0) is 51.6. The van der Waals surface area contributed by atoms with Crippen LogP contribution in [0.15, 0.2) is 0 Å². The number of nitrogens with one attached hydrogen (secondary N) is 3. The van der Waals surface area contributed by atoms with Crippen LogP contribution in [0.4, 0.5) is 0 Å². The third kappa shape index (κ3) is 26.4. The summed E-state index contributed by atoms with van der Waals surface area (Å²) in [5.74, 6) is -14.6. The Morgan fingerprint density at radius 2 is 0.433 bits per heavy atom. The first-order valence-corrected chi connectivity index (χ1v) is 21.9. The van der Waals surface area contributed by atoms with Crippen molar-refractivity contribution in [1.29, 1.82) is 0 Å². The van der Waals surface area contributed by atoms with E-state index in [0.29, 0.717) is 0 Å². The molecule has 0 atom stereocenters. The highest BCUT2D eigenvalue weighted by atomic mass is 16.4. The van der Waals surface area contributed by atoms with Crippen LogP contribution in [0.5, 0.6) is 0 Å². The van der Waals surface area contributed by atoms with Crippen molar-refractivity contribution in [2.45, 2.75) is 185 Å². The van der Waals surface area contributed by atoms with Crippen LogP contribution in [0.2, 0.25) is 0 Å². The molecule has 24 nitrogen and oxygen atoms in total. The molecule has 12 N–H and O–H groups in total. The van der Waals surface area contributed by atoms with Gasteiger partial charge in [-0.15, -0.1) is 0 Å². The molecule has 24 heteroatoms. The molecule has 380 valence electrons. The van der Waals surface area contributed by atoms with E-state index in [0.717, 1.165) is 0 Å². The van der Waals surface area contributed by atoms with Gasteiger partial charge in [0.05, 0.1) is 0 Å². The second-order valence-electron chi connectivity index (χ2n) is 17.5. The predicted octanol–water partition coefficient (Wildman–Crippen LogP) is 3.32. The van der Waals surface area contributed by atoms with Gasteiger partial charge in [-0.3, -0.25) is 57.5 Å². The van der Waals surface area contributed by atoms with Crippen LogP contribution in [0, 0.1) is 11.3 Å². The first-order chi connectivity index (χ1) is 31.0. The lowest BCUT2D eigenvalue weighted by molar-refractivity contribution is -0.141. The molecule has 0 aliphatic heterocycles. The summed E-state index contributed by atoms with van der Waals surface area (Å²) in [6.45, 7) is 3.39. The minimum atomic E-state index is -1.61. The number of rotatable bonds is 40. The Balaban J connectivity index is 7.26. The number of carboxylic acid groups (broad SMARTS) is 9. The normalized spacial score (nSPS) is 11.9. The zero-order valence-corrected chi connectivity index (χ0v) is 38.0. The maximum atomic E-state index is 13.9. The van der Waals surface area contributed by atoms with Crippen LogP contribution in [0.1, 0.15) is 168 Å². The van der Waals surface area contributed by atoms with Crippen molar-refractivity contribution < 1.29 is 103 Å². The summed E-state index contributed by atoms with van der Waals surface area (Å²) in [5.41, 5.74) is -6.02. The van der Waals surface area contributed by atoms with Gasteiger partial charge in [-0.2, -0.15) is 0 Å². The zero-order valence-electron chi connectivity index (χ0n) is 38.0. The van der Waals surface area contributed by atoms with Crippen LogP contribution in [-0.2, 0) is 57.5 Å². The summed E-state index contributed by atoms with van der Waals surface area (Å²) in [7, 11) is 0. The van der Waals surface area contributed by atoms with Crippen LogP contribution >= 0.6 is 0 Å². The van der Waals surface area contributed by atoms with E-state index < -0.39 is 176 Å². The van der Waals surface area contributed by atoms with Gasteiger partial charge in [-0.25, -0.2) is 0 Å². The van der Waals surface area contributed by atoms with E-state index in [9.17, 15) is 103 Å². The Hall–Kier alpha value is -6.36. The van der Waals surface area contributed by atoms with E-state index in [4.69, 9.17) is 0 Å². The highest BCUT2D eigenvalue weighted by Crippen LogP contribution is 2.43. The molecule has 0 bridgehead atoms. The molecule has 0 aliphatic rings. The van der Waals surface area contributed by atoms with Crippen molar-refractivity contribution in [3.63, 3.8) is 0 Å². The van der Waals surface area contributed by atoms with Crippen molar-refractivity contribution >= 4 is 71.4 Å². The fourth-order valence-electron chi connectivity index (χ4n) is 8.21. The molecule has 0 aromatic heterocycles. The largest absolute Gasteiger partial charge is 0.481 e. The third-order valence-electron chi connectivity index (χ3n) is 12.3. The van der Waals surface area contributed by atoms with E-state index >= 15 is 0 Å². The van der Waals surface area contributed by atoms with Gasteiger partial charge in [-0.1, -0.05) is 13.8 Å². The molecule has 3 amide bonds. The molecule has 67 heavy (non-hydrogen) atoms. The molecule has 0 spiro atoms. The smallest absolute Gasteiger partial charge is 0.303 e. The number of amides is 3. The summed E-state index contributed by atoms with van der Waals surface area (Å²) in [4.78, 5) is 146. The lowest BCUT2D eigenvalue weighted by atomic mass is 9.67. The first kappa shape index (κ1) is 60.6. The summed E-state index contributed by atoms with van der Waals surface area (Å²) in [6, 6.07) is 0. The Morgan fingerprint density at radius 3 is 0.552 bits per heavy atom. The second kappa shape index (κ2) is 29.3. The van der Waals surface area contributed by atoms with Gasteiger partial charge in [0.1, 0.15) is 0 Å². The minimum Gasteiger partial charge on any atom is -0.481 e. The molecular formula is C43H67N3O21. The summed E-state index contributed by atoms with van der Waals surface area (Å²) >= 11 is 0. The van der Waals surface area contributed by atoms with Crippen molar-refractivity contribution in [2.75, 3.05) is 0 Å². The Bertz CT molecular complexity index is 1450. The third-order valence-corrected chi connectivity index (χ3v) is 12.3. The molecule has 0 unspecified atom stereocenters. The van der Waals surface area contributed by atoms with E-state index in [1.807, 2.05) is 0 Å². The molecule has 0 fully saturated rings. The Morgan fingerprint density at radius 1 is 0.284 bits per heavy atom. The summed E-state index contributed by atoms with van der Waals surface area (Å²) < 4.78 is 0. The topological polar surface area (TPSA) is 423 Å². The van der Waals surface area contributed by atoms with Crippen molar-refractivity contribution in [2.24, 2.45) is 11.3 Å². The SMILES string of the molecule is CC(C)C(CCC(=O)NC(CCC(=O)O)(CCC(=O)O)CCC(=O)O)(CCC(=O)NC(CCC(=O)O)(CCC(=O)O)CCC(=O)O)CCC(=O)NC(CCC(=O)O)(CCC(=O)O)CCC(=O)O. The minimum absolute atomic E-state index is 0.145. The highest BCUT2D eigenvalue weighted by molar-refractivity contribution is 5.80. The number of carbonyl (C=O) groups excluding carboxylic acids is 3. The molecule has 0 saturated carbocycles. The van der Waals surface area contributed by atoms with Gasteiger partial charge in [-0.05, 0) is 88.4 Å². The molecule has 0 aliphatic carbocycles. The van der Waals surface area contributed by atoms with Gasteiger partial charge in [0.2, 0.25) is 17.7 Å². The lowest BCUT2D eigenvalue weighted by Crippen LogP contribution is -2.50. The van der Waals surface area contributed by atoms with Crippen LogP contribution in [0.25, 0.3) is 0 Å². The van der Waals surface area contributed by atoms with Gasteiger partial charge < -0.3 is 61.9 Å². The summed E-state index contributed by atoms with van der Waals surface area (Å²) in [5, 5.41) is 93.0. The Labute approximate surface area is 386 Å². The first-order valence-electron chi connectivity index (χ1n) is 21.9. The highest BCUT2D eigenvalue weighted by Gasteiger charge is 2.40. The molecule has 0 rings (SSSR count). The predicted molar refractivity (Wildman–Crippen MR) is 229 cm³/mol. The number of hydrogen-bond donors (Lipinski definition) is 12. The van der Waals surface area contributed by atoms with E-state index in [1.165, 1.54) is 0 Å². The average molecular weight is 962 g/mol. The summed E-state index contributed by atoms with van der Waals surface area (Å²) in [6.07, 6.45) is -9.91. The van der Waals surface area contributed by atoms with Gasteiger partial charge in [0, 0.05) is 93.7 Å². The van der Waals surface area contributed by atoms with Crippen LogP contribution in [-0.4, -0.2) is 134 Å². The van der Waals surface area contributed by atoms with Crippen molar-refractivity contribution in [3.8, 4) is 0 Å². The average Bonchev–Trinajstić information content (AvgIpc) is 3.21. The lowest BCUT2D eigenvalue weighted by Gasteiger charge is -2.40. The van der Waals surface area contributed by atoms with E-state index in [1.54, 1.807) is 13.8 Å². The van der Waals surface area contributed by atoms with Gasteiger partial charge in [0.15, 0.2) is 0 Å². The Kier molecular flexibility index (Phi) is 26.5. The maximum Gasteiger partial charge on any atom is 0.303 e. The fourth-order valence-corrected chi connectivity index (χ4v) is 8.21. The monoisotopic (exact) mass is 961 g/mol. The van der Waals surface area contributed by atoms with E-state index in [2.05, 4.69) is 16.0 Å². The molecule has 0 aromatic rings. The molecule has 0 aromatic carbocycles. The van der Waals surface area contributed by atoms with Crippen molar-refractivity contribution in [3.05, 3.63) is 0 Å². The maximum absolute atomic E-state index is 13.9. The molecular weight excluding hydrogens is 894 g/mol. The number of carbonyl (C=O) groups is 12. The quantitative estimate of drug-likeness (QED) is 0.0419. The second-order valence-corrected chi connectivity index (χ2v) is 17.5. The fraction of sp³-hybridized carbons (Fsp3) is 0.721. The molecule has 0 heterocycles. The van der Waals surface area contributed by atoms with Crippen LogP contribution < -0.4 is 16.0 Å². The standard InChI is InChI=1S/C43H67N3O21/c1-27(2)40(15-3-28(47)44-41(18-6-31(50)51,19-7-32(52)53)20-8-33(54)55,16-4-29(48)45-42(21-9-34(56)57,22-10-35(58)59)23-11-36(60)61)17-5-30(49)46-43(24-12-37(62)63,25-13-38(64)65)26-14-39(66)67/h27H,3-26H2,1-2H3,(H,44,47)(H,45,48)(H,46,49)(H,50,51)(H,52,53)(H,54,55)(H,56,57)(H,58,59)(H,60,61)(H,62,63)(H,64,65)(H,66,67). The van der Waals surface area contributed by atoms with Crippen molar-refractivity contribution in [1.82, 2.24) is 16.0 Å². The van der Waals surface area contributed by atoms with E-state index in [-0.39, 0.29) is 77.0 Å². The molecule has 0 radical (unpaired) electrons. The number of aliphatic carboxylic acids is 9. The van der Waals surface area contributed by atoms with Gasteiger partial charge >= 0.3 is 53.7 Å². The van der Waals surface area contributed by atoms with Gasteiger partial charge in [0.25, 0.3) is 0 Å².